The number of fused-ring (bicyclic) bond motifs is 3. The molecule has 0 aliphatic heterocycles. The molecule has 6 aromatic rings. The van der Waals surface area contributed by atoms with Crippen LogP contribution in [-0.2, 0) is 6.54 Å². The van der Waals surface area contributed by atoms with Crippen LogP contribution in [0.15, 0.2) is 89.5 Å². The lowest BCUT2D eigenvalue weighted by Gasteiger charge is -2.12. The number of H-pyrrole nitrogens is 1. The molecule has 0 atom stereocenters. The first-order chi connectivity index (χ1) is 15.7. The van der Waals surface area contributed by atoms with E-state index in [-0.39, 0.29) is 0 Å². The molecule has 32 heavy (non-hydrogen) atoms. The van der Waals surface area contributed by atoms with Crippen molar-refractivity contribution in [3.8, 4) is 0 Å². The first kappa shape index (κ1) is 18.5. The monoisotopic (exact) mass is 418 g/mol. The molecule has 0 aliphatic rings. The van der Waals surface area contributed by atoms with Gasteiger partial charge in [0.05, 0.1) is 11.2 Å². The number of hydrogen-bond acceptors (Lipinski definition) is 4. The maximum atomic E-state index is 5.87. The number of aromatic amines is 1. The molecule has 0 radical (unpaired) electrons. The second-order valence-electron chi connectivity index (χ2n) is 7.98. The van der Waals surface area contributed by atoms with Crippen molar-refractivity contribution in [1.82, 2.24) is 9.97 Å². The molecule has 5 heteroatoms. The zero-order valence-electron chi connectivity index (χ0n) is 17.6. The van der Waals surface area contributed by atoms with Gasteiger partial charge in [0.1, 0.15) is 11.6 Å². The molecular weight excluding hydrogens is 396 g/mol. The zero-order valence-corrected chi connectivity index (χ0v) is 17.6. The van der Waals surface area contributed by atoms with Crippen LogP contribution in [0.2, 0.25) is 0 Å². The summed E-state index contributed by atoms with van der Waals surface area (Å²) < 4.78 is 5.87. The lowest BCUT2D eigenvalue weighted by Crippen LogP contribution is -2.01. The average Bonchev–Trinajstić information content (AvgIpc) is 3.44. The number of nitrogens with one attached hydrogen (secondary N) is 3. The minimum Gasteiger partial charge on any atom is -0.459 e. The van der Waals surface area contributed by atoms with Gasteiger partial charge in [-0.25, -0.2) is 4.98 Å². The molecule has 3 N–H and O–H groups in total. The second kappa shape index (κ2) is 7.46. The predicted octanol–water partition coefficient (Wildman–Crippen LogP) is 7.13. The Bertz CT molecular complexity index is 1580. The van der Waals surface area contributed by atoms with E-state index < -0.39 is 0 Å². The van der Waals surface area contributed by atoms with Gasteiger partial charge in [-0.15, -0.1) is 0 Å². The van der Waals surface area contributed by atoms with E-state index in [4.69, 9.17) is 9.40 Å². The third-order valence-electron chi connectivity index (χ3n) is 5.82. The average molecular weight is 419 g/mol. The van der Waals surface area contributed by atoms with Crippen molar-refractivity contribution < 1.29 is 4.42 Å². The minimum absolute atomic E-state index is 0.744. The maximum Gasteiger partial charge on any atom is 0.157 e. The normalized spacial score (nSPS) is 11.4. The van der Waals surface area contributed by atoms with Crippen molar-refractivity contribution in [3.63, 3.8) is 0 Å². The van der Waals surface area contributed by atoms with Gasteiger partial charge in [-0.05, 0) is 61.0 Å². The topological polar surface area (TPSA) is 65.9 Å². The molecule has 156 valence electrons. The van der Waals surface area contributed by atoms with Gasteiger partial charge in [-0.1, -0.05) is 30.3 Å². The molecule has 3 aromatic heterocycles. The molecule has 0 aliphatic carbocycles. The summed E-state index contributed by atoms with van der Waals surface area (Å²) in [5, 5.41) is 10.4. The van der Waals surface area contributed by atoms with Crippen molar-refractivity contribution in [2.24, 2.45) is 0 Å². The SMILES string of the molecule is Cc1cc2cccc(Nc3ccc4c(NCc5cccc6[nH]ccc56)cccc4n3)c2o1. The molecule has 0 amide bonds. The minimum atomic E-state index is 0.744. The number of pyridine rings is 1. The molecule has 0 spiro atoms. The lowest BCUT2D eigenvalue weighted by molar-refractivity contribution is 0.579. The molecule has 0 saturated carbocycles. The number of nitrogens with zero attached hydrogens (tertiary/aromatic N) is 1. The maximum absolute atomic E-state index is 5.87. The van der Waals surface area contributed by atoms with Crippen LogP contribution in [0.3, 0.4) is 0 Å². The molecule has 5 nitrogen and oxygen atoms in total. The number of hydrogen-bond donors (Lipinski definition) is 3. The van der Waals surface area contributed by atoms with E-state index >= 15 is 0 Å². The quantitative estimate of drug-likeness (QED) is 0.279. The van der Waals surface area contributed by atoms with Crippen LogP contribution in [0.4, 0.5) is 17.2 Å². The highest BCUT2D eigenvalue weighted by molar-refractivity contribution is 5.94. The molecule has 3 aromatic carbocycles. The summed E-state index contributed by atoms with van der Waals surface area (Å²) in [4.78, 5) is 8.12. The van der Waals surface area contributed by atoms with E-state index in [1.165, 1.54) is 10.9 Å². The van der Waals surface area contributed by atoms with Gasteiger partial charge in [0.15, 0.2) is 5.58 Å². The predicted molar refractivity (Wildman–Crippen MR) is 132 cm³/mol. The van der Waals surface area contributed by atoms with Gasteiger partial charge < -0.3 is 20.0 Å². The summed E-state index contributed by atoms with van der Waals surface area (Å²) in [6.07, 6.45) is 1.98. The number of aromatic nitrogens is 2. The van der Waals surface area contributed by atoms with Crippen LogP contribution in [-0.4, -0.2) is 9.97 Å². The van der Waals surface area contributed by atoms with Crippen LogP contribution in [0.5, 0.6) is 0 Å². The van der Waals surface area contributed by atoms with Gasteiger partial charge in [0.2, 0.25) is 0 Å². The third-order valence-corrected chi connectivity index (χ3v) is 5.82. The number of benzene rings is 3. The highest BCUT2D eigenvalue weighted by Crippen LogP contribution is 2.30. The zero-order chi connectivity index (χ0) is 21.5. The largest absolute Gasteiger partial charge is 0.459 e. The Hall–Kier alpha value is -4.25. The Labute approximate surface area is 185 Å². The molecule has 0 unspecified atom stereocenters. The van der Waals surface area contributed by atoms with Crippen LogP contribution in [0.1, 0.15) is 11.3 Å². The summed E-state index contributed by atoms with van der Waals surface area (Å²) in [6, 6.07) is 26.9. The van der Waals surface area contributed by atoms with E-state index in [9.17, 15) is 0 Å². The van der Waals surface area contributed by atoms with Crippen molar-refractivity contribution in [1.29, 1.82) is 0 Å². The van der Waals surface area contributed by atoms with Gasteiger partial charge in [-0.3, -0.25) is 0 Å². The van der Waals surface area contributed by atoms with Crippen LogP contribution >= 0.6 is 0 Å². The van der Waals surface area contributed by atoms with E-state index in [2.05, 4.69) is 58.1 Å². The van der Waals surface area contributed by atoms with Crippen molar-refractivity contribution in [2.75, 3.05) is 10.6 Å². The third kappa shape index (κ3) is 3.24. The first-order valence-corrected chi connectivity index (χ1v) is 10.7. The molecule has 6 rings (SSSR count). The van der Waals surface area contributed by atoms with E-state index in [0.717, 1.165) is 56.9 Å². The Morgan fingerprint density at radius 1 is 0.875 bits per heavy atom. The fourth-order valence-electron chi connectivity index (χ4n) is 4.30. The summed E-state index contributed by atoms with van der Waals surface area (Å²) in [5.41, 5.74) is 6.17. The van der Waals surface area contributed by atoms with Gasteiger partial charge in [-0.2, -0.15) is 0 Å². The standard InChI is InChI=1S/C27H22N4O/c1-17-15-18-5-2-10-25(27(18)32-17)31-26-12-11-21-23(8-4-9-24(21)30-26)29-16-19-6-3-7-22-20(19)13-14-28-22/h2-15,28-29H,16H2,1H3,(H,30,31). The fraction of sp³-hybridized carbons (Fsp3) is 0.0741. The van der Waals surface area contributed by atoms with Crippen LogP contribution in [0, 0.1) is 6.92 Å². The Morgan fingerprint density at radius 2 is 1.75 bits per heavy atom. The van der Waals surface area contributed by atoms with E-state index in [1.54, 1.807) is 0 Å². The molecule has 0 saturated heterocycles. The fourth-order valence-corrected chi connectivity index (χ4v) is 4.30. The lowest BCUT2D eigenvalue weighted by atomic mass is 10.1. The Kier molecular flexibility index (Phi) is 4.32. The van der Waals surface area contributed by atoms with Crippen molar-refractivity contribution >= 4 is 50.0 Å². The molecule has 0 fully saturated rings. The summed E-state index contributed by atoms with van der Waals surface area (Å²) >= 11 is 0. The van der Waals surface area contributed by atoms with Crippen LogP contribution < -0.4 is 10.6 Å². The highest BCUT2D eigenvalue weighted by Gasteiger charge is 2.09. The summed E-state index contributed by atoms with van der Waals surface area (Å²) in [7, 11) is 0. The van der Waals surface area contributed by atoms with Gasteiger partial charge in [0.25, 0.3) is 0 Å². The number of furan rings is 1. The van der Waals surface area contributed by atoms with Crippen LogP contribution in [0.25, 0.3) is 32.8 Å². The van der Waals surface area contributed by atoms with Gasteiger partial charge in [0, 0.05) is 40.1 Å². The first-order valence-electron chi connectivity index (χ1n) is 10.7. The summed E-state index contributed by atoms with van der Waals surface area (Å²) in [5.74, 6) is 1.68. The second-order valence-corrected chi connectivity index (χ2v) is 7.98. The Balaban J connectivity index is 1.29. The van der Waals surface area contributed by atoms with Crippen molar-refractivity contribution in [2.45, 2.75) is 13.5 Å². The molecule has 0 bridgehead atoms. The smallest absolute Gasteiger partial charge is 0.157 e. The highest BCUT2D eigenvalue weighted by atomic mass is 16.3. The number of aryl methyl sites for hydroxylation is 1. The number of rotatable bonds is 5. The van der Waals surface area contributed by atoms with E-state index in [1.807, 2.05) is 49.5 Å². The number of anilines is 3. The van der Waals surface area contributed by atoms with Gasteiger partial charge >= 0.3 is 0 Å². The summed E-state index contributed by atoms with van der Waals surface area (Å²) in [6.45, 7) is 2.71. The Morgan fingerprint density at radius 3 is 2.72 bits per heavy atom. The number of para-hydroxylation sites is 1. The molecular formula is C27H22N4O. The molecule has 3 heterocycles. The van der Waals surface area contributed by atoms with E-state index in [0.29, 0.717) is 0 Å². The van der Waals surface area contributed by atoms with Crippen molar-refractivity contribution in [3.05, 3.63) is 96.4 Å².